The van der Waals surface area contributed by atoms with Crippen molar-refractivity contribution in [1.29, 1.82) is 0 Å². The van der Waals surface area contributed by atoms with Crippen LogP contribution in [0, 0.1) is 0 Å². The zero-order chi connectivity index (χ0) is 14.0. The number of piperazine rings is 1. The molecule has 19 heavy (non-hydrogen) atoms. The van der Waals surface area contributed by atoms with Gasteiger partial charge in [0.2, 0.25) is 5.91 Å². The second-order valence-corrected chi connectivity index (χ2v) is 6.33. The second-order valence-electron chi connectivity index (χ2n) is 4.76. The van der Waals surface area contributed by atoms with Crippen molar-refractivity contribution in [1.82, 2.24) is 15.1 Å². The molecule has 5 nitrogen and oxygen atoms in total. The molecule has 1 fully saturated rings. The molecule has 0 saturated carbocycles. The maximum absolute atomic E-state index is 12.2. The molecule has 0 radical (unpaired) electrons. The molecule has 0 aromatic carbocycles. The summed E-state index contributed by atoms with van der Waals surface area (Å²) in [5.41, 5.74) is 0. The van der Waals surface area contributed by atoms with E-state index < -0.39 is 0 Å². The third-order valence-corrected chi connectivity index (χ3v) is 4.85. The van der Waals surface area contributed by atoms with Gasteiger partial charge in [-0.05, 0) is 37.9 Å². The number of rotatable bonds is 3. The van der Waals surface area contributed by atoms with Crippen LogP contribution in [0.5, 0.6) is 0 Å². The summed E-state index contributed by atoms with van der Waals surface area (Å²) in [7, 11) is 3.57. The van der Waals surface area contributed by atoms with Gasteiger partial charge in [0.15, 0.2) is 4.67 Å². The predicted molar refractivity (Wildman–Crippen MR) is 79.9 cm³/mol. The third kappa shape index (κ3) is 3.59. The fourth-order valence-electron chi connectivity index (χ4n) is 2.15. The molecule has 2 heterocycles. The minimum Gasteiger partial charge on any atom is -0.452 e. The van der Waals surface area contributed by atoms with Gasteiger partial charge in [-0.1, -0.05) is 0 Å². The number of carbonyl (C=O) groups is 1. The highest BCUT2D eigenvalue weighted by Crippen LogP contribution is 2.27. The summed E-state index contributed by atoms with van der Waals surface area (Å²) in [6.45, 7) is 3.04. The van der Waals surface area contributed by atoms with Crippen LogP contribution < -0.4 is 5.32 Å². The maximum atomic E-state index is 12.2. The zero-order valence-corrected chi connectivity index (χ0v) is 14.1. The highest BCUT2D eigenvalue weighted by atomic mass is 79.9. The second kappa shape index (κ2) is 6.39. The Morgan fingerprint density at radius 1 is 1.58 bits per heavy atom. The number of carbonyl (C=O) groups excluding carboxylic acids is 1. The van der Waals surface area contributed by atoms with Crippen molar-refractivity contribution in [3.05, 3.63) is 21.0 Å². The van der Waals surface area contributed by atoms with Gasteiger partial charge in [-0.3, -0.25) is 9.69 Å². The van der Waals surface area contributed by atoms with E-state index in [0.717, 1.165) is 23.3 Å². The molecule has 2 rings (SSSR count). The van der Waals surface area contributed by atoms with Crippen LogP contribution in [-0.4, -0.2) is 55.5 Å². The number of halogens is 2. The molecule has 1 unspecified atom stereocenters. The summed E-state index contributed by atoms with van der Waals surface area (Å²) in [6, 6.07) is 1.80. The Bertz CT molecular complexity index is 442. The first kappa shape index (κ1) is 15.0. The summed E-state index contributed by atoms with van der Waals surface area (Å²) in [5, 5.41) is 3.26. The van der Waals surface area contributed by atoms with E-state index in [0.29, 0.717) is 17.8 Å². The predicted octanol–water partition coefficient (Wildman–Crippen LogP) is 1.67. The molecule has 106 valence electrons. The van der Waals surface area contributed by atoms with Crippen LogP contribution in [0.4, 0.5) is 0 Å². The molecule has 1 saturated heterocycles. The summed E-state index contributed by atoms with van der Waals surface area (Å²) < 4.78 is 7.17. The topological polar surface area (TPSA) is 48.7 Å². The number of amides is 1. The van der Waals surface area contributed by atoms with Gasteiger partial charge in [-0.25, -0.2) is 0 Å². The van der Waals surface area contributed by atoms with Crippen LogP contribution in [-0.2, 0) is 11.3 Å². The van der Waals surface area contributed by atoms with Gasteiger partial charge in [0.25, 0.3) is 0 Å². The minimum absolute atomic E-state index is 0.122. The van der Waals surface area contributed by atoms with E-state index in [1.807, 2.05) is 6.07 Å². The third-order valence-electron chi connectivity index (χ3n) is 3.14. The monoisotopic (exact) mass is 393 g/mol. The number of furan rings is 1. The Kier molecular flexibility index (Phi) is 5.05. The fourth-order valence-corrected chi connectivity index (χ4v) is 2.81. The molecule has 1 aromatic heterocycles. The summed E-state index contributed by atoms with van der Waals surface area (Å²) in [6.07, 6.45) is 0. The van der Waals surface area contributed by atoms with Gasteiger partial charge < -0.3 is 14.6 Å². The minimum atomic E-state index is -0.133. The lowest BCUT2D eigenvalue weighted by Gasteiger charge is -2.35. The van der Waals surface area contributed by atoms with Gasteiger partial charge >= 0.3 is 0 Å². The number of likely N-dealkylation sites (N-methyl/N-ethyl adjacent to an activating group) is 1. The smallest absolute Gasteiger partial charge is 0.240 e. The van der Waals surface area contributed by atoms with Crippen molar-refractivity contribution in [2.75, 3.05) is 33.7 Å². The number of nitrogens with zero attached hydrogens (tertiary/aromatic N) is 2. The van der Waals surface area contributed by atoms with Crippen molar-refractivity contribution in [2.45, 2.75) is 12.6 Å². The largest absolute Gasteiger partial charge is 0.452 e. The van der Waals surface area contributed by atoms with Crippen LogP contribution in [0.25, 0.3) is 0 Å². The van der Waals surface area contributed by atoms with E-state index in [2.05, 4.69) is 42.1 Å². The molecule has 0 spiro atoms. The Hall–Kier alpha value is -0.370. The molecule has 1 atom stereocenters. The molecule has 1 amide bonds. The fraction of sp³-hybridized carbons (Fsp3) is 0.583. The standard InChI is InChI=1S/C12H17Br2N3O2/c1-16(2)12(18)10-6-15-3-4-17(10)7-8-5-9(13)11(14)19-8/h5,10,15H,3-4,6-7H2,1-2H3. The first-order valence-corrected chi connectivity index (χ1v) is 7.67. The van der Waals surface area contributed by atoms with E-state index in [-0.39, 0.29) is 11.9 Å². The Labute approximate surface area is 129 Å². The van der Waals surface area contributed by atoms with E-state index in [4.69, 9.17) is 4.42 Å². The average Bonchev–Trinajstić information content (AvgIpc) is 2.68. The lowest BCUT2D eigenvalue weighted by molar-refractivity contribution is -0.135. The van der Waals surface area contributed by atoms with Gasteiger partial charge in [0.1, 0.15) is 11.8 Å². The molecule has 1 aliphatic rings. The molecule has 0 bridgehead atoms. The molecule has 1 aliphatic heterocycles. The lowest BCUT2D eigenvalue weighted by Crippen LogP contribution is -2.57. The van der Waals surface area contributed by atoms with Crippen molar-refractivity contribution in [3.63, 3.8) is 0 Å². The Morgan fingerprint density at radius 3 is 2.89 bits per heavy atom. The number of nitrogens with one attached hydrogen (secondary N) is 1. The van der Waals surface area contributed by atoms with E-state index >= 15 is 0 Å². The van der Waals surface area contributed by atoms with Gasteiger partial charge in [0, 0.05) is 33.7 Å². The Balaban J connectivity index is 2.09. The van der Waals surface area contributed by atoms with Crippen LogP contribution in [0.15, 0.2) is 19.6 Å². The quantitative estimate of drug-likeness (QED) is 0.847. The van der Waals surface area contributed by atoms with Gasteiger partial charge in [-0.15, -0.1) is 0 Å². The van der Waals surface area contributed by atoms with Crippen molar-refractivity contribution >= 4 is 37.8 Å². The summed E-state index contributed by atoms with van der Waals surface area (Å²) in [5.74, 6) is 0.967. The average molecular weight is 395 g/mol. The highest BCUT2D eigenvalue weighted by molar-refractivity contribution is 9.13. The molecular formula is C12H17Br2N3O2. The number of hydrogen-bond acceptors (Lipinski definition) is 4. The lowest BCUT2D eigenvalue weighted by atomic mass is 10.1. The summed E-state index contributed by atoms with van der Waals surface area (Å²) in [4.78, 5) is 16.0. The normalized spacial score (nSPS) is 20.5. The van der Waals surface area contributed by atoms with Crippen LogP contribution in [0.1, 0.15) is 5.76 Å². The molecule has 0 aliphatic carbocycles. The molecule has 1 aromatic rings. The Morgan fingerprint density at radius 2 is 2.32 bits per heavy atom. The first-order valence-electron chi connectivity index (χ1n) is 6.08. The van der Waals surface area contributed by atoms with Crippen molar-refractivity contribution < 1.29 is 9.21 Å². The van der Waals surface area contributed by atoms with Crippen LogP contribution in [0.2, 0.25) is 0 Å². The maximum Gasteiger partial charge on any atom is 0.240 e. The van der Waals surface area contributed by atoms with E-state index in [1.54, 1.807) is 19.0 Å². The first-order chi connectivity index (χ1) is 8.99. The van der Waals surface area contributed by atoms with E-state index in [9.17, 15) is 4.79 Å². The zero-order valence-electron chi connectivity index (χ0n) is 10.9. The van der Waals surface area contributed by atoms with Gasteiger partial charge in [0.05, 0.1) is 11.0 Å². The van der Waals surface area contributed by atoms with Crippen LogP contribution in [0.3, 0.4) is 0 Å². The van der Waals surface area contributed by atoms with Crippen molar-refractivity contribution in [3.8, 4) is 0 Å². The number of hydrogen-bond donors (Lipinski definition) is 1. The van der Waals surface area contributed by atoms with Crippen molar-refractivity contribution in [2.24, 2.45) is 0 Å². The molecule has 1 N–H and O–H groups in total. The molecule has 7 heteroatoms. The van der Waals surface area contributed by atoms with Crippen LogP contribution >= 0.6 is 31.9 Å². The van der Waals surface area contributed by atoms with Gasteiger partial charge in [-0.2, -0.15) is 0 Å². The highest BCUT2D eigenvalue weighted by Gasteiger charge is 2.30. The molecular weight excluding hydrogens is 378 g/mol. The summed E-state index contributed by atoms with van der Waals surface area (Å²) >= 11 is 6.73. The van der Waals surface area contributed by atoms with E-state index in [1.165, 1.54) is 0 Å². The SMILES string of the molecule is CN(C)C(=O)C1CNCCN1Cc1cc(Br)c(Br)o1.